The normalized spacial score (nSPS) is 11.2. The first-order chi connectivity index (χ1) is 17.1. The molecule has 1 amide bonds. The number of esters is 1. The summed E-state index contributed by atoms with van der Waals surface area (Å²) in [7, 11) is -3.64. The molecular formula is C23H25N5O5S3. The zero-order chi connectivity index (χ0) is 26.3. The van der Waals surface area contributed by atoms with Crippen LogP contribution in [-0.2, 0) is 31.7 Å². The lowest BCUT2D eigenvalue weighted by Gasteiger charge is -2.08. The fourth-order valence-corrected chi connectivity index (χ4v) is 5.88. The first kappa shape index (κ1) is 27.3. The Balaban J connectivity index is 1.67. The molecule has 0 unspecified atom stereocenters. The van der Waals surface area contributed by atoms with Gasteiger partial charge < -0.3 is 14.6 Å². The molecule has 3 aromatic rings. The van der Waals surface area contributed by atoms with Crippen LogP contribution in [-0.4, -0.2) is 52.4 Å². The highest BCUT2D eigenvalue weighted by atomic mass is 32.2. The topological polar surface area (TPSA) is 133 Å². The summed E-state index contributed by atoms with van der Waals surface area (Å²) in [6.45, 7) is 11.1. The summed E-state index contributed by atoms with van der Waals surface area (Å²) >= 11 is 2.11. The number of hydrogen-bond donors (Lipinski definition) is 1. The van der Waals surface area contributed by atoms with Crippen molar-refractivity contribution in [2.45, 2.75) is 36.2 Å². The molecule has 0 radical (unpaired) electrons. The van der Waals surface area contributed by atoms with Crippen LogP contribution in [0.15, 0.2) is 59.6 Å². The highest BCUT2D eigenvalue weighted by Gasteiger charge is 2.22. The van der Waals surface area contributed by atoms with Gasteiger partial charge in [0.25, 0.3) is 0 Å². The third kappa shape index (κ3) is 6.89. The average Bonchev–Trinajstić information content (AvgIpc) is 3.38. The van der Waals surface area contributed by atoms with E-state index in [4.69, 9.17) is 4.74 Å². The van der Waals surface area contributed by atoms with Crippen LogP contribution in [0.3, 0.4) is 0 Å². The molecule has 1 aromatic carbocycles. The zero-order valence-electron chi connectivity index (χ0n) is 19.8. The lowest BCUT2D eigenvalue weighted by Crippen LogP contribution is -2.15. The van der Waals surface area contributed by atoms with Gasteiger partial charge in [0.15, 0.2) is 20.1 Å². The van der Waals surface area contributed by atoms with Crippen molar-refractivity contribution in [2.75, 3.05) is 17.7 Å². The monoisotopic (exact) mass is 547 g/mol. The van der Waals surface area contributed by atoms with Crippen LogP contribution >= 0.6 is 23.1 Å². The van der Waals surface area contributed by atoms with Crippen molar-refractivity contribution < 1.29 is 22.7 Å². The SMILES string of the molecule is C=CCOC(=O)c1sc(NC(=O)CSc2nnc(CS(=O)(=O)c3ccc(C)cc3)n2CC=C)nc1C. The maximum Gasteiger partial charge on any atom is 0.350 e. The quantitative estimate of drug-likeness (QED) is 0.205. The molecule has 2 heterocycles. The van der Waals surface area contributed by atoms with Crippen molar-refractivity contribution in [2.24, 2.45) is 0 Å². The van der Waals surface area contributed by atoms with Gasteiger partial charge in [0.2, 0.25) is 5.91 Å². The predicted molar refractivity (Wildman–Crippen MR) is 139 cm³/mol. The Morgan fingerprint density at radius 2 is 1.89 bits per heavy atom. The molecule has 13 heteroatoms. The Morgan fingerprint density at radius 3 is 2.56 bits per heavy atom. The number of nitrogens with one attached hydrogen (secondary N) is 1. The zero-order valence-corrected chi connectivity index (χ0v) is 22.2. The van der Waals surface area contributed by atoms with Crippen molar-refractivity contribution in [1.82, 2.24) is 19.7 Å². The number of thiazole rings is 1. The van der Waals surface area contributed by atoms with Crippen LogP contribution in [0.25, 0.3) is 0 Å². The lowest BCUT2D eigenvalue weighted by molar-refractivity contribution is -0.113. The first-order valence-electron chi connectivity index (χ1n) is 10.6. The second kappa shape index (κ2) is 12.1. The van der Waals surface area contributed by atoms with Crippen molar-refractivity contribution in [3.05, 3.63) is 71.5 Å². The number of thioether (sulfide) groups is 1. The van der Waals surface area contributed by atoms with Crippen LogP contribution in [0.1, 0.15) is 26.8 Å². The number of sulfone groups is 1. The molecule has 10 nitrogen and oxygen atoms in total. The third-order valence-corrected chi connectivity index (χ3v) is 8.35. The lowest BCUT2D eigenvalue weighted by atomic mass is 10.2. The van der Waals surface area contributed by atoms with Gasteiger partial charge in [-0.3, -0.25) is 4.79 Å². The number of aromatic nitrogens is 4. The van der Waals surface area contributed by atoms with E-state index < -0.39 is 15.8 Å². The summed E-state index contributed by atoms with van der Waals surface area (Å²) in [5.74, 6) is -1.04. The smallest absolute Gasteiger partial charge is 0.350 e. The van der Waals surface area contributed by atoms with Crippen LogP contribution in [0.2, 0.25) is 0 Å². The average molecular weight is 548 g/mol. The number of allylic oxidation sites excluding steroid dienone is 1. The Hall–Kier alpha value is -3.29. The molecule has 0 aliphatic carbocycles. The summed E-state index contributed by atoms with van der Waals surface area (Å²) in [5, 5.41) is 11.4. The molecular weight excluding hydrogens is 522 g/mol. The molecule has 0 bridgehead atoms. The number of rotatable bonds is 12. The molecule has 2 aromatic heterocycles. The number of amides is 1. The summed E-state index contributed by atoms with van der Waals surface area (Å²) < 4.78 is 32.3. The van der Waals surface area contributed by atoms with E-state index in [-0.39, 0.29) is 46.4 Å². The predicted octanol–water partition coefficient (Wildman–Crippen LogP) is 3.58. The van der Waals surface area contributed by atoms with Crippen LogP contribution in [0, 0.1) is 13.8 Å². The third-order valence-electron chi connectivity index (χ3n) is 4.70. The molecule has 190 valence electrons. The summed E-state index contributed by atoms with van der Waals surface area (Å²) in [5.41, 5.74) is 1.40. The molecule has 36 heavy (non-hydrogen) atoms. The second-order valence-electron chi connectivity index (χ2n) is 7.53. The molecule has 3 rings (SSSR count). The van der Waals surface area contributed by atoms with E-state index >= 15 is 0 Å². The van der Waals surface area contributed by atoms with Crippen molar-refractivity contribution >= 4 is 49.9 Å². The summed E-state index contributed by atoms with van der Waals surface area (Å²) in [6, 6.07) is 6.59. The molecule has 0 fully saturated rings. The molecule has 1 N–H and O–H groups in total. The van der Waals surface area contributed by atoms with Gasteiger partial charge in [-0.25, -0.2) is 18.2 Å². The fraction of sp³-hybridized carbons (Fsp3) is 0.261. The number of carbonyl (C=O) groups excluding carboxylic acids is 2. The minimum Gasteiger partial charge on any atom is -0.457 e. The number of anilines is 1. The standard InChI is InChI=1S/C23H25N5O5S3/c1-5-11-28-18(14-36(31,32)17-9-7-15(3)8-10-17)26-27-23(28)34-13-19(29)25-22-24-16(4)20(35-22)21(30)33-12-6-2/h5-10H,1-2,11-14H2,3-4H3,(H,24,25,29). The number of nitrogens with zero attached hydrogens (tertiary/aromatic N) is 4. The van der Waals surface area contributed by atoms with E-state index in [9.17, 15) is 18.0 Å². The van der Waals surface area contributed by atoms with Gasteiger partial charge in [-0.1, -0.05) is 59.5 Å². The Labute approximate surface area is 217 Å². The fourth-order valence-electron chi connectivity index (χ4n) is 2.97. The highest BCUT2D eigenvalue weighted by Crippen LogP contribution is 2.25. The minimum atomic E-state index is -3.64. The number of carbonyl (C=O) groups is 2. The van der Waals surface area contributed by atoms with Gasteiger partial charge in [-0.15, -0.1) is 16.8 Å². The first-order valence-corrected chi connectivity index (χ1v) is 14.1. The second-order valence-corrected chi connectivity index (χ2v) is 11.5. The molecule has 0 saturated heterocycles. The molecule has 0 atom stereocenters. The Morgan fingerprint density at radius 1 is 1.17 bits per heavy atom. The van der Waals surface area contributed by atoms with E-state index in [1.165, 1.54) is 6.08 Å². The van der Waals surface area contributed by atoms with E-state index in [0.29, 0.717) is 15.7 Å². The Bertz CT molecular complexity index is 1380. The van der Waals surface area contributed by atoms with Crippen LogP contribution in [0.4, 0.5) is 5.13 Å². The van der Waals surface area contributed by atoms with Gasteiger partial charge in [-0.2, -0.15) is 0 Å². The van der Waals surface area contributed by atoms with E-state index in [2.05, 4.69) is 33.7 Å². The van der Waals surface area contributed by atoms with Crippen molar-refractivity contribution in [1.29, 1.82) is 0 Å². The van der Waals surface area contributed by atoms with Crippen LogP contribution in [0.5, 0.6) is 0 Å². The Kier molecular flexibility index (Phi) is 9.18. The van der Waals surface area contributed by atoms with E-state index in [1.54, 1.807) is 41.8 Å². The van der Waals surface area contributed by atoms with Crippen molar-refractivity contribution in [3.63, 3.8) is 0 Å². The van der Waals surface area contributed by atoms with Crippen molar-refractivity contribution in [3.8, 4) is 0 Å². The minimum absolute atomic E-state index is 0.0329. The molecule has 0 aliphatic heterocycles. The van der Waals surface area contributed by atoms with E-state index in [1.807, 2.05) is 6.92 Å². The van der Waals surface area contributed by atoms with E-state index in [0.717, 1.165) is 28.7 Å². The van der Waals surface area contributed by atoms with Gasteiger partial charge in [0, 0.05) is 6.54 Å². The summed E-state index contributed by atoms with van der Waals surface area (Å²) in [4.78, 5) is 29.2. The van der Waals surface area contributed by atoms with Crippen LogP contribution < -0.4 is 5.32 Å². The van der Waals surface area contributed by atoms with Gasteiger partial charge in [0.05, 0.1) is 16.3 Å². The molecule has 0 saturated carbocycles. The summed E-state index contributed by atoms with van der Waals surface area (Å²) in [6.07, 6.45) is 3.06. The maximum atomic E-state index is 12.9. The van der Waals surface area contributed by atoms with Gasteiger partial charge in [-0.05, 0) is 26.0 Å². The number of aryl methyl sites for hydroxylation is 2. The molecule has 0 aliphatic rings. The number of ether oxygens (including phenoxy) is 1. The van der Waals surface area contributed by atoms with Gasteiger partial charge >= 0.3 is 5.97 Å². The maximum absolute atomic E-state index is 12.9. The highest BCUT2D eigenvalue weighted by molar-refractivity contribution is 7.99. The number of hydrogen-bond acceptors (Lipinski definition) is 10. The van der Waals surface area contributed by atoms with Gasteiger partial charge in [0.1, 0.15) is 23.1 Å². The largest absolute Gasteiger partial charge is 0.457 e. The molecule has 0 spiro atoms. The number of benzene rings is 1.